The maximum Gasteiger partial charge on any atom is 0.277 e. The molecule has 0 unspecified atom stereocenters. The molecule has 1 aromatic carbocycles. The van der Waals surface area contributed by atoms with E-state index >= 15 is 0 Å². The molecule has 3 aromatic rings. The predicted octanol–water partition coefficient (Wildman–Crippen LogP) is 2.95. The Hall–Kier alpha value is -3.25. The van der Waals surface area contributed by atoms with Crippen molar-refractivity contribution in [2.24, 2.45) is 0 Å². The second-order valence-electron chi connectivity index (χ2n) is 5.34. The third-order valence-electron chi connectivity index (χ3n) is 3.54. The van der Waals surface area contributed by atoms with Gasteiger partial charge < -0.3 is 5.32 Å². The SMILES string of the molecule is O=C(NOCc1ccccc1)c1ccncc1NCc1ccncc1. The van der Waals surface area contributed by atoms with Crippen molar-refractivity contribution in [3.8, 4) is 0 Å². The summed E-state index contributed by atoms with van der Waals surface area (Å²) in [6, 6.07) is 15.1. The number of nitrogens with one attached hydrogen (secondary N) is 2. The Labute approximate surface area is 145 Å². The first-order chi connectivity index (χ1) is 12.3. The number of aromatic nitrogens is 2. The van der Waals surface area contributed by atoms with Crippen LogP contribution in [0.4, 0.5) is 5.69 Å². The molecule has 0 bridgehead atoms. The average Bonchev–Trinajstić information content (AvgIpc) is 2.68. The van der Waals surface area contributed by atoms with E-state index in [0.717, 1.165) is 11.1 Å². The number of pyridine rings is 2. The van der Waals surface area contributed by atoms with E-state index in [9.17, 15) is 4.79 Å². The van der Waals surface area contributed by atoms with Crippen LogP contribution in [0.2, 0.25) is 0 Å². The first kappa shape index (κ1) is 16.6. The Balaban J connectivity index is 1.58. The van der Waals surface area contributed by atoms with Crippen molar-refractivity contribution in [1.82, 2.24) is 15.4 Å². The maximum atomic E-state index is 12.4. The molecule has 2 aromatic heterocycles. The summed E-state index contributed by atoms with van der Waals surface area (Å²) in [7, 11) is 0. The van der Waals surface area contributed by atoms with E-state index in [1.165, 1.54) is 0 Å². The van der Waals surface area contributed by atoms with Crippen LogP contribution < -0.4 is 10.8 Å². The van der Waals surface area contributed by atoms with E-state index < -0.39 is 0 Å². The Morgan fingerprint density at radius 2 is 1.68 bits per heavy atom. The van der Waals surface area contributed by atoms with Gasteiger partial charge in [-0.25, -0.2) is 5.48 Å². The molecular weight excluding hydrogens is 316 g/mol. The Morgan fingerprint density at radius 3 is 2.48 bits per heavy atom. The van der Waals surface area contributed by atoms with Gasteiger partial charge >= 0.3 is 0 Å². The standard InChI is InChI=1S/C19H18N4O2/c24-19(23-25-14-16-4-2-1-3-5-16)17-8-11-21-13-18(17)22-12-15-6-9-20-10-7-15/h1-11,13,22H,12,14H2,(H,23,24). The highest BCUT2D eigenvalue weighted by Crippen LogP contribution is 2.14. The fourth-order valence-corrected chi connectivity index (χ4v) is 2.25. The molecule has 0 atom stereocenters. The van der Waals surface area contributed by atoms with Crippen LogP contribution >= 0.6 is 0 Å². The molecule has 0 aliphatic heterocycles. The summed E-state index contributed by atoms with van der Waals surface area (Å²) >= 11 is 0. The molecule has 2 N–H and O–H groups in total. The van der Waals surface area contributed by atoms with Crippen molar-refractivity contribution < 1.29 is 9.63 Å². The van der Waals surface area contributed by atoms with Gasteiger partial charge in [0, 0.05) is 25.1 Å². The monoisotopic (exact) mass is 334 g/mol. The minimum absolute atomic E-state index is 0.303. The number of anilines is 1. The average molecular weight is 334 g/mol. The summed E-state index contributed by atoms with van der Waals surface area (Å²) in [6.07, 6.45) is 6.65. The number of hydrogen-bond acceptors (Lipinski definition) is 5. The second kappa shape index (κ2) is 8.56. The normalized spacial score (nSPS) is 10.2. The lowest BCUT2D eigenvalue weighted by atomic mass is 10.2. The fourth-order valence-electron chi connectivity index (χ4n) is 2.25. The zero-order valence-electron chi connectivity index (χ0n) is 13.6. The van der Waals surface area contributed by atoms with Crippen LogP contribution in [0.15, 0.2) is 73.3 Å². The van der Waals surface area contributed by atoms with E-state index in [1.807, 2.05) is 42.5 Å². The van der Waals surface area contributed by atoms with Crippen molar-refractivity contribution >= 4 is 11.6 Å². The summed E-state index contributed by atoms with van der Waals surface area (Å²) in [5, 5.41) is 3.21. The molecule has 3 rings (SSSR count). The van der Waals surface area contributed by atoms with Gasteiger partial charge in [-0.2, -0.15) is 0 Å². The second-order valence-corrected chi connectivity index (χ2v) is 5.34. The summed E-state index contributed by atoms with van der Waals surface area (Å²) in [4.78, 5) is 25.7. The summed E-state index contributed by atoms with van der Waals surface area (Å²) in [6.45, 7) is 0.872. The molecule has 0 saturated heterocycles. The van der Waals surface area contributed by atoms with Gasteiger partial charge in [0.2, 0.25) is 0 Å². The van der Waals surface area contributed by atoms with Crippen LogP contribution in [0.25, 0.3) is 0 Å². The number of benzene rings is 1. The first-order valence-electron chi connectivity index (χ1n) is 7.86. The number of amides is 1. The zero-order chi connectivity index (χ0) is 17.3. The van der Waals surface area contributed by atoms with Crippen molar-refractivity contribution in [1.29, 1.82) is 0 Å². The molecule has 2 heterocycles. The van der Waals surface area contributed by atoms with E-state index in [2.05, 4.69) is 20.8 Å². The van der Waals surface area contributed by atoms with Crippen molar-refractivity contribution in [2.45, 2.75) is 13.2 Å². The van der Waals surface area contributed by atoms with Gasteiger partial charge in [0.15, 0.2) is 0 Å². The van der Waals surface area contributed by atoms with E-state index in [4.69, 9.17) is 4.84 Å². The smallest absolute Gasteiger partial charge is 0.277 e. The van der Waals surface area contributed by atoms with E-state index in [1.54, 1.807) is 30.9 Å². The summed E-state index contributed by atoms with van der Waals surface area (Å²) in [5.41, 5.74) is 5.62. The quantitative estimate of drug-likeness (QED) is 0.650. The molecule has 25 heavy (non-hydrogen) atoms. The Morgan fingerprint density at radius 1 is 0.920 bits per heavy atom. The number of rotatable bonds is 7. The highest BCUT2D eigenvalue weighted by atomic mass is 16.6. The molecule has 1 amide bonds. The van der Waals surface area contributed by atoms with E-state index in [-0.39, 0.29) is 5.91 Å². The maximum absolute atomic E-state index is 12.4. The first-order valence-corrected chi connectivity index (χ1v) is 7.86. The van der Waals surface area contributed by atoms with Gasteiger partial charge in [-0.1, -0.05) is 30.3 Å². The van der Waals surface area contributed by atoms with Crippen LogP contribution in [0, 0.1) is 0 Å². The minimum atomic E-state index is -0.324. The van der Waals surface area contributed by atoms with Crippen LogP contribution in [0.5, 0.6) is 0 Å². The molecule has 0 saturated carbocycles. The van der Waals surface area contributed by atoms with Crippen LogP contribution in [-0.2, 0) is 18.0 Å². The number of carbonyl (C=O) groups is 1. The lowest BCUT2D eigenvalue weighted by molar-refractivity contribution is 0.0234. The molecule has 0 aliphatic rings. The molecule has 6 nitrogen and oxygen atoms in total. The van der Waals surface area contributed by atoms with Gasteiger partial charge in [-0.3, -0.25) is 19.6 Å². The number of hydroxylamine groups is 1. The number of carbonyl (C=O) groups excluding carboxylic acids is 1. The number of nitrogens with zero attached hydrogens (tertiary/aromatic N) is 2. The molecule has 6 heteroatoms. The van der Waals surface area contributed by atoms with Crippen LogP contribution in [0.1, 0.15) is 21.5 Å². The Kier molecular flexibility index (Phi) is 5.68. The number of hydrogen-bond donors (Lipinski definition) is 2. The highest BCUT2D eigenvalue weighted by molar-refractivity contribution is 5.98. The minimum Gasteiger partial charge on any atom is -0.379 e. The lowest BCUT2D eigenvalue weighted by Crippen LogP contribution is -2.24. The topological polar surface area (TPSA) is 76.1 Å². The highest BCUT2D eigenvalue weighted by Gasteiger charge is 2.11. The molecule has 0 aliphatic carbocycles. The largest absolute Gasteiger partial charge is 0.379 e. The van der Waals surface area contributed by atoms with Crippen molar-refractivity contribution in [2.75, 3.05) is 5.32 Å². The van der Waals surface area contributed by atoms with Gasteiger partial charge in [-0.15, -0.1) is 0 Å². The lowest BCUT2D eigenvalue weighted by Gasteiger charge is -2.12. The summed E-state index contributed by atoms with van der Waals surface area (Å²) in [5.74, 6) is -0.324. The molecule has 126 valence electrons. The Bertz CT molecular complexity index is 810. The van der Waals surface area contributed by atoms with Crippen LogP contribution in [-0.4, -0.2) is 15.9 Å². The third-order valence-corrected chi connectivity index (χ3v) is 3.54. The molecular formula is C19H18N4O2. The van der Waals surface area contributed by atoms with Gasteiger partial charge in [0.25, 0.3) is 5.91 Å². The summed E-state index contributed by atoms with van der Waals surface area (Å²) < 4.78 is 0. The van der Waals surface area contributed by atoms with Crippen molar-refractivity contribution in [3.05, 3.63) is 90.0 Å². The van der Waals surface area contributed by atoms with Crippen molar-refractivity contribution in [3.63, 3.8) is 0 Å². The molecule has 0 radical (unpaired) electrons. The molecule has 0 fully saturated rings. The molecule has 0 spiro atoms. The van der Waals surface area contributed by atoms with E-state index in [0.29, 0.717) is 24.4 Å². The third kappa shape index (κ3) is 4.86. The zero-order valence-corrected chi connectivity index (χ0v) is 13.6. The fraction of sp³-hybridized carbons (Fsp3) is 0.105. The van der Waals surface area contributed by atoms with Gasteiger partial charge in [0.05, 0.1) is 24.1 Å². The van der Waals surface area contributed by atoms with Gasteiger partial charge in [0.1, 0.15) is 0 Å². The van der Waals surface area contributed by atoms with Gasteiger partial charge in [-0.05, 0) is 29.3 Å². The predicted molar refractivity (Wildman–Crippen MR) is 94.5 cm³/mol. The van der Waals surface area contributed by atoms with Crippen LogP contribution in [0.3, 0.4) is 0 Å².